The average Bonchev–Trinajstić information content (AvgIpc) is 2.96. The molecule has 2 aromatic heterocycles. The molecule has 2 aliphatic rings. The molecule has 1 fully saturated rings. The van der Waals surface area contributed by atoms with Crippen molar-refractivity contribution in [2.45, 2.75) is 31.0 Å². The van der Waals surface area contributed by atoms with E-state index >= 15 is 0 Å². The molecule has 0 aliphatic carbocycles. The standard InChI is InChI=1S/C18H21N4O8P/c1-18(25)15(23)13(29-16(18)22-8-4-14(19)21-17(22)24)10-28-31(26)27-9-5-12(30-31)11-2-6-20-7-3-11/h2-8,13,15-16,23,25H,9-10H2,1H3,(H2,19,21,24)/t13-,15+,16+,18+,31?/m0/s1. The van der Waals surface area contributed by atoms with Crippen LogP contribution in [-0.4, -0.2) is 55.8 Å². The summed E-state index contributed by atoms with van der Waals surface area (Å²) in [5.74, 6) is 0.302. The van der Waals surface area contributed by atoms with E-state index in [1.165, 1.54) is 19.2 Å². The summed E-state index contributed by atoms with van der Waals surface area (Å²) < 4.78 is 35.4. The van der Waals surface area contributed by atoms with Crippen LogP contribution in [0.15, 0.2) is 47.7 Å². The number of aliphatic hydroxyl groups is 2. The SMILES string of the molecule is C[C@@]1(O)[C@H](O)[C@H](COP2(=O)OCC=C(c3ccncc3)O2)O[C@H]1n1ccc(N)nc1=O. The minimum absolute atomic E-state index is 0.00192. The first-order chi connectivity index (χ1) is 14.7. The first-order valence-electron chi connectivity index (χ1n) is 9.29. The molecule has 0 spiro atoms. The number of aromatic nitrogens is 3. The average molecular weight is 452 g/mol. The molecule has 0 aromatic carbocycles. The molecule has 2 aliphatic heterocycles. The number of aliphatic hydroxyl groups excluding tert-OH is 1. The summed E-state index contributed by atoms with van der Waals surface area (Å²) in [6.07, 6.45) is 2.10. The molecule has 13 heteroatoms. The Hall–Kier alpha value is -2.60. The lowest BCUT2D eigenvalue weighted by Gasteiger charge is -2.27. The molecule has 166 valence electrons. The van der Waals surface area contributed by atoms with E-state index in [2.05, 4.69) is 9.97 Å². The number of ether oxygens (including phenoxy) is 1. The van der Waals surface area contributed by atoms with Crippen molar-refractivity contribution >= 4 is 19.4 Å². The predicted octanol–water partition coefficient (Wildman–Crippen LogP) is 0.442. The van der Waals surface area contributed by atoms with Gasteiger partial charge in [-0.15, -0.1) is 0 Å². The van der Waals surface area contributed by atoms with E-state index in [9.17, 15) is 19.6 Å². The van der Waals surface area contributed by atoms with Crippen LogP contribution in [0.3, 0.4) is 0 Å². The van der Waals surface area contributed by atoms with E-state index in [4.69, 9.17) is 24.0 Å². The number of nitrogens with two attached hydrogens (primary N) is 1. The fraction of sp³-hybridized carbons (Fsp3) is 0.389. The van der Waals surface area contributed by atoms with Crippen molar-refractivity contribution in [2.75, 3.05) is 18.9 Å². The fourth-order valence-corrected chi connectivity index (χ4v) is 4.47. The Labute approximate surface area is 176 Å². The number of hydrogen-bond donors (Lipinski definition) is 3. The van der Waals surface area contributed by atoms with Crippen LogP contribution in [0.1, 0.15) is 18.7 Å². The number of nitrogens with zero attached hydrogens (tertiary/aromatic N) is 3. The molecule has 0 radical (unpaired) electrons. The van der Waals surface area contributed by atoms with E-state index in [0.717, 1.165) is 4.57 Å². The van der Waals surface area contributed by atoms with Crippen LogP contribution < -0.4 is 11.4 Å². The summed E-state index contributed by atoms with van der Waals surface area (Å²) in [5.41, 5.74) is 3.48. The third kappa shape index (κ3) is 4.26. The molecule has 0 bridgehead atoms. The maximum absolute atomic E-state index is 12.9. The van der Waals surface area contributed by atoms with Crippen molar-refractivity contribution in [3.05, 3.63) is 58.9 Å². The molecule has 1 saturated heterocycles. The van der Waals surface area contributed by atoms with Gasteiger partial charge in [0.05, 0.1) is 13.2 Å². The van der Waals surface area contributed by atoms with Gasteiger partial charge in [-0.05, 0) is 31.2 Å². The highest BCUT2D eigenvalue weighted by Crippen LogP contribution is 2.55. The van der Waals surface area contributed by atoms with E-state index in [1.807, 2.05) is 0 Å². The first kappa shape index (κ1) is 21.6. The number of nitrogen functional groups attached to an aromatic ring is 1. The molecule has 1 unspecified atom stereocenters. The van der Waals surface area contributed by atoms with Gasteiger partial charge in [0.15, 0.2) is 6.23 Å². The van der Waals surface area contributed by atoms with Gasteiger partial charge in [-0.1, -0.05) is 0 Å². The first-order valence-corrected chi connectivity index (χ1v) is 10.8. The molecule has 4 heterocycles. The Bertz CT molecular complexity index is 1090. The Morgan fingerprint density at radius 3 is 2.84 bits per heavy atom. The Kier molecular flexibility index (Phi) is 5.69. The van der Waals surface area contributed by atoms with E-state index < -0.39 is 44.2 Å². The summed E-state index contributed by atoms with van der Waals surface area (Å²) in [7, 11) is -4.02. The quantitative estimate of drug-likeness (QED) is 0.538. The van der Waals surface area contributed by atoms with Crippen molar-refractivity contribution in [2.24, 2.45) is 0 Å². The van der Waals surface area contributed by atoms with Crippen molar-refractivity contribution in [1.29, 1.82) is 0 Å². The normalized spacial score (nSPS) is 33.0. The lowest BCUT2D eigenvalue weighted by molar-refractivity contribution is -0.0986. The van der Waals surface area contributed by atoms with Gasteiger partial charge in [-0.3, -0.25) is 18.6 Å². The van der Waals surface area contributed by atoms with Crippen LogP contribution in [0.4, 0.5) is 5.82 Å². The van der Waals surface area contributed by atoms with Gasteiger partial charge in [0.25, 0.3) is 0 Å². The Balaban J connectivity index is 1.47. The molecule has 0 amide bonds. The zero-order valence-electron chi connectivity index (χ0n) is 16.4. The van der Waals surface area contributed by atoms with Gasteiger partial charge in [-0.2, -0.15) is 4.98 Å². The fourth-order valence-electron chi connectivity index (χ4n) is 3.29. The van der Waals surface area contributed by atoms with Crippen LogP contribution in [0.25, 0.3) is 5.76 Å². The van der Waals surface area contributed by atoms with Gasteiger partial charge < -0.3 is 25.2 Å². The molecule has 12 nitrogen and oxygen atoms in total. The molecular formula is C18H21N4O8P. The van der Waals surface area contributed by atoms with Crippen LogP contribution in [0.5, 0.6) is 0 Å². The number of phosphoric acid groups is 1. The molecule has 0 saturated carbocycles. The van der Waals surface area contributed by atoms with Crippen LogP contribution in [0, 0.1) is 0 Å². The van der Waals surface area contributed by atoms with Gasteiger partial charge in [0.2, 0.25) is 0 Å². The second kappa shape index (κ2) is 8.15. The van der Waals surface area contributed by atoms with E-state index in [1.54, 1.807) is 30.6 Å². The second-order valence-electron chi connectivity index (χ2n) is 7.17. The summed E-state index contributed by atoms with van der Waals surface area (Å²) in [6.45, 7) is 0.840. The van der Waals surface area contributed by atoms with E-state index in [-0.39, 0.29) is 12.4 Å². The number of phosphoric ester groups is 1. The minimum Gasteiger partial charge on any atom is -0.404 e. The van der Waals surface area contributed by atoms with Crippen LogP contribution >= 0.6 is 7.82 Å². The highest BCUT2D eigenvalue weighted by Gasteiger charge is 2.54. The van der Waals surface area contributed by atoms with Crippen molar-refractivity contribution in [3.63, 3.8) is 0 Å². The predicted molar refractivity (Wildman–Crippen MR) is 106 cm³/mol. The monoisotopic (exact) mass is 452 g/mol. The maximum Gasteiger partial charge on any atom is 0.530 e. The zero-order chi connectivity index (χ0) is 22.2. The summed E-state index contributed by atoms with van der Waals surface area (Å²) >= 11 is 0. The smallest absolute Gasteiger partial charge is 0.404 e. The highest BCUT2D eigenvalue weighted by atomic mass is 31.2. The second-order valence-corrected chi connectivity index (χ2v) is 8.77. The molecule has 4 rings (SSSR count). The molecular weight excluding hydrogens is 431 g/mol. The zero-order valence-corrected chi connectivity index (χ0v) is 17.3. The number of pyridine rings is 1. The molecule has 2 aromatic rings. The van der Waals surface area contributed by atoms with Gasteiger partial charge in [0.1, 0.15) is 29.4 Å². The highest BCUT2D eigenvalue weighted by molar-refractivity contribution is 7.48. The number of anilines is 1. The lowest BCUT2D eigenvalue weighted by Crippen LogP contribution is -2.46. The number of hydrogen-bond acceptors (Lipinski definition) is 11. The van der Waals surface area contributed by atoms with Crippen molar-refractivity contribution in [3.8, 4) is 0 Å². The number of rotatable bonds is 5. The van der Waals surface area contributed by atoms with Crippen LogP contribution in [0.2, 0.25) is 0 Å². The van der Waals surface area contributed by atoms with Crippen molar-refractivity contribution in [1.82, 2.24) is 14.5 Å². The molecule has 4 N–H and O–H groups in total. The topological polar surface area (TPSA) is 168 Å². The summed E-state index contributed by atoms with van der Waals surface area (Å²) in [5, 5.41) is 21.3. The minimum atomic E-state index is -4.02. The summed E-state index contributed by atoms with van der Waals surface area (Å²) in [4.78, 5) is 19.6. The summed E-state index contributed by atoms with van der Waals surface area (Å²) in [6, 6.07) is 4.70. The Morgan fingerprint density at radius 1 is 1.39 bits per heavy atom. The third-order valence-corrected chi connectivity index (χ3v) is 6.28. The van der Waals surface area contributed by atoms with Gasteiger partial charge >= 0.3 is 13.5 Å². The maximum atomic E-state index is 12.9. The molecule has 31 heavy (non-hydrogen) atoms. The van der Waals surface area contributed by atoms with Crippen molar-refractivity contribution < 1.29 is 33.1 Å². The van der Waals surface area contributed by atoms with Gasteiger partial charge in [0, 0.05) is 24.2 Å². The van der Waals surface area contributed by atoms with E-state index in [0.29, 0.717) is 11.3 Å². The largest absolute Gasteiger partial charge is 0.530 e. The van der Waals surface area contributed by atoms with Crippen LogP contribution in [-0.2, 0) is 22.9 Å². The van der Waals surface area contributed by atoms with Gasteiger partial charge in [-0.25, -0.2) is 9.36 Å². The molecule has 5 atom stereocenters. The lowest BCUT2D eigenvalue weighted by atomic mass is 9.96. The third-order valence-electron chi connectivity index (χ3n) is 4.93. The Morgan fingerprint density at radius 2 is 2.13 bits per heavy atom.